The Bertz CT molecular complexity index is 929. The lowest BCUT2D eigenvalue weighted by atomic mass is 9.91. The number of allylic oxidation sites excluding steroid dienone is 5. The normalized spacial score (nSPS) is 18.5. The van der Waals surface area contributed by atoms with Gasteiger partial charge in [-0.1, -0.05) is 24.3 Å². The highest BCUT2D eigenvalue weighted by atomic mass is 16.5. The van der Waals surface area contributed by atoms with Crippen LogP contribution in [0.15, 0.2) is 60.8 Å². The number of nitriles is 1. The van der Waals surface area contributed by atoms with E-state index in [0.29, 0.717) is 17.9 Å². The molecule has 2 aromatic rings. The van der Waals surface area contributed by atoms with E-state index in [1.165, 1.54) is 0 Å². The van der Waals surface area contributed by atoms with Crippen molar-refractivity contribution in [3.05, 3.63) is 72.0 Å². The molecule has 0 aliphatic carbocycles. The quantitative estimate of drug-likeness (QED) is 0.700. The van der Waals surface area contributed by atoms with Gasteiger partial charge in [0.1, 0.15) is 17.5 Å². The van der Waals surface area contributed by atoms with Crippen LogP contribution in [0.5, 0.6) is 11.6 Å². The van der Waals surface area contributed by atoms with E-state index in [0.717, 1.165) is 11.3 Å². The molecule has 0 radical (unpaired) electrons. The minimum Gasteiger partial charge on any atom is -0.487 e. The largest absolute Gasteiger partial charge is 0.487 e. The van der Waals surface area contributed by atoms with Crippen molar-refractivity contribution < 1.29 is 9.47 Å². The molecule has 0 saturated carbocycles. The summed E-state index contributed by atoms with van der Waals surface area (Å²) < 4.78 is 13.9. The van der Waals surface area contributed by atoms with Crippen molar-refractivity contribution in [2.24, 2.45) is 0 Å². The van der Waals surface area contributed by atoms with Crippen molar-refractivity contribution in [3.63, 3.8) is 0 Å². The zero-order chi connectivity index (χ0) is 19.3. The first-order valence-electron chi connectivity index (χ1n) is 8.92. The second kappa shape index (κ2) is 7.96. The first-order chi connectivity index (χ1) is 13.0. The summed E-state index contributed by atoms with van der Waals surface area (Å²) in [6.07, 6.45) is 13.9. The van der Waals surface area contributed by atoms with Crippen LogP contribution in [0.4, 0.5) is 0 Å². The zero-order valence-corrected chi connectivity index (χ0v) is 15.8. The van der Waals surface area contributed by atoms with Gasteiger partial charge in [-0.3, -0.25) is 0 Å². The Labute approximate surface area is 159 Å². The standard InChI is InChI=1S/C22H23N3O2/c1-4-5-6-7-8-12-25-13-11-21(24-25)26-20-15-22(2,3)27-19-10-9-17(16-23)14-18(19)20/h4-14,20H,15H2,1-3H3/b5-4-,7-6-,12-8+/t20-/m0/s1. The second-order valence-corrected chi connectivity index (χ2v) is 6.92. The van der Waals surface area contributed by atoms with E-state index in [4.69, 9.17) is 9.47 Å². The molecule has 1 aliphatic rings. The molecule has 2 heterocycles. The van der Waals surface area contributed by atoms with E-state index in [1.54, 1.807) is 10.7 Å². The molecular weight excluding hydrogens is 338 g/mol. The van der Waals surface area contributed by atoms with Crippen LogP contribution in [0.1, 0.15) is 44.4 Å². The van der Waals surface area contributed by atoms with E-state index >= 15 is 0 Å². The molecule has 0 fully saturated rings. The Morgan fingerprint density at radius 1 is 1.26 bits per heavy atom. The Kier molecular flexibility index (Phi) is 5.46. The minimum atomic E-state index is -0.355. The Hall–Kier alpha value is -3.26. The summed E-state index contributed by atoms with van der Waals surface area (Å²) >= 11 is 0. The van der Waals surface area contributed by atoms with E-state index in [2.05, 4.69) is 11.2 Å². The van der Waals surface area contributed by atoms with Crippen LogP contribution in [0, 0.1) is 11.3 Å². The zero-order valence-electron chi connectivity index (χ0n) is 15.8. The van der Waals surface area contributed by atoms with Gasteiger partial charge in [0, 0.05) is 30.4 Å². The average Bonchev–Trinajstić information content (AvgIpc) is 3.08. The summed E-state index contributed by atoms with van der Waals surface area (Å²) in [6.45, 7) is 6.03. The number of fused-ring (bicyclic) bond motifs is 1. The summed E-state index contributed by atoms with van der Waals surface area (Å²) in [5.41, 5.74) is 1.12. The molecule has 138 valence electrons. The molecule has 1 aromatic carbocycles. The Morgan fingerprint density at radius 2 is 2.07 bits per heavy atom. The van der Waals surface area contributed by atoms with E-state index in [-0.39, 0.29) is 11.7 Å². The van der Waals surface area contributed by atoms with Gasteiger partial charge in [-0.15, -0.1) is 5.10 Å². The maximum Gasteiger partial charge on any atom is 0.233 e. The highest BCUT2D eigenvalue weighted by Gasteiger charge is 2.35. The van der Waals surface area contributed by atoms with Crippen LogP contribution >= 0.6 is 0 Å². The SMILES string of the molecule is C\C=C/C=C\C=C\n1ccc(O[C@H]2CC(C)(C)Oc3ccc(C#N)cc32)n1. The van der Waals surface area contributed by atoms with Gasteiger partial charge < -0.3 is 9.47 Å². The van der Waals surface area contributed by atoms with Gasteiger partial charge in [0.05, 0.1) is 11.6 Å². The monoisotopic (exact) mass is 361 g/mol. The highest BCUT2D eigenvalue weighted by molar-refractivity contribution is 5.45. The predicted octanol–water partition coefficient (Wildman–Crippen LogP) is 5.04. The molecule has 1 aromatic heterocycles. The molecule has 27 heavy (non-hydrogen) atoms. The Balaban J connectivity index is 1.79. The molecule has 1 aliphatic heterocycles. The first kappa shape index (κ1) is 18.5. The van der Waals surface area contributed by atoms with Crippen LogP contribution < -0.4 is 9.47 Å². The fourth-order valence-electron chi connectivity index (χ4n) is 2.95. The number of aromatic nitrogens is 2. The lowest BCUT2D eigenvalue weighted by Crippen LogP contribution is -2.36. The van der Waals surface area contributed by atoms with Crippen molar-refractivity contribution >= 4 is 6.20 Å². The molecule has 0 spiro atoms. The first-order valence-corrected chi connectivity index (χ1v) is 8.92. The van der Waals surface area contributed by atoms with Crippen LogP contribution in [0.25, 0.3) is 6.20 Å². The third-order valence-corrected chi connectivity index (χ3v) is 4.16. The van der Waals surface area contributed by atoms with Crippen LogP contribution in [-0.4, -0.2) is 15.4 Å². The van der Waals surface area contributed by atoms with Crippen LogP contribution in [-0.2, 0) is 0 Å². The van der Waals surface area contributed by atoms with E-state index in [1.807, 2.05) is 81.7 Å². The number of benzene rings is 1. The molecule has 0 unspecified atom stereocenters. The summed E-state index contributed by atoms with van der Waals surface area (Å²) in [5.74, 6) is 1.29. The van der Waals surface area contributed by atoms with Crippen molar-refractivity contribution in [1.29, 1.82) is 5.26 Å². The van der Waals surface area contributed by atoms with E-state index in [9.17, 15) is 5.26 Å². The van der Waals surface area contributed by atoms with Crippen molar-refractivity contribution in [2.75, 3.05) is 0 Å². The van der Waals surface area contributed by atoms with Gasteiger partial charge in [-0.05, 0) is 45.0 Å². The predicted molar refractivity (Wildman–Crippen MR) is 105 cm³/mol. The summed E-state index contributed by atoms with van der Waals surface area (Å²) in [5, 5.41) is 13.6. The smallest absolute Gasteiger partial charge is 0.233 e. The van der Waals surface area contributed by atoms with Gasteiger partial charge >= 0.3 is 0 Å². The maximum atomic E-state index is 9.19. The fraction of sp³-hybridized carbons (Fsp3) is 0.273. The molecule has 3 rings (SSSR count). The lowest BCUT2D eigenvalue weighted by Gasteiger charge is -2.37. The van der Waals surface area contributed by atoms with Gasteiger partial charge in [0.15, 0.2) is 0 Å². The van der Waals surface area contributed by atoms with Crippen LogP contribution in [0.2, 0.25) is 0 Å². The summed E-state index contributed by atoms with van der Waals surface area (Å²) in [4.78, 5) is 0. The molecule has 0 amide bonds. The van der Waals surface area contributed by atoms with Gasteiger partial charge in [0.25, 0.3) is 0 Å². The topological polar surface area (TPSA) is 60.1 Å². The molecule has 0 bridgehead atoms. The number of ether oxygens (including phenoxy) is 2. The summed E-state index contributed by atoms with van der Waals surface area (Å²) in [7, 11) is 0. The van der Waals surface area contributed by atoms with Crippen LogP contribution in [0.3, 0.4) is 0 Å². The Morgan fingerprint density at radius 3 is 2.85 bits per heavy atom. The van der Waals surface area contributed by atoms with Gasteiger partial charge in [-0.2, -0.15) is 5.26 Å². The number of hydrogen-bond donors (Lipinski definition) is 0. The van der Waals surface area contributed by atoms with Gasteiger partial charge in [0.2, 0.25) is 5.88 Å². The minimum absolute atomic E-state index is 0.223. The third-order valence-electron chi connectivity index (χ3n) is 4.16. The van der Waals surface area contributed by atoms with Crippen molar-refractivity contribution in [2.45, 2.75) is 38.9 Å². The van der Waals surface area contributed by atoms with Gasteiger partial charge in [-0.25, -0.2) is 4.68 Å². The highest BCUT2D eigenvalue weighted by Crippen LogP contribution is 2.41. The number of hydrogen-bond acceptors (Lipinski definition) is 4. The molecule has 0 saturated heterocycles. The molecular formula is C22H23N3O2. The number of nitrogens with zero attached hydrogens (tertiary/aromatic N) is 3. The molecule has 1 atom stereocenters. The van der Waals surface area contributed by atoms with Crippen molar-refractivity contribution in [1.82, 2.24) is 9.78 Å². The molecule has 0 N–H and O–H groups in total. The molecule has 5 heteroatoms. The lowest BCUT2D eigenvalue weighted by molar-refractivity contribution is 0.0202. The van der Waals surface area contributed by atoms with E-state index < -0.39 is 0 Å². The van der Waals surface area contributed by atoms with Crippen molar-refractivity contribution in [3.8, 4) is 17.7 Å². The third kappa shape index (κ3) is 4.68. The fourth-order valence-corrected chi connectivity index (χ4v) is 2.95. The second-order valence-electron chi connectivity index (χ2n) is 6.92. The molecule has 5 nitrogen and oxygen atoms in total. The average molecular weight is 361 g/mol. The summed E-state index contributed by atoms with van der Waals surface area (Å²) in [6, 6.07) is 9.43. The number of rotatable bonds is 5. The maximum absolute atomic E-state index is 9.19.